The summed E-state index contributed by atoms with van der Waals surface area (Å²) in [7, 11) is 0. The molecule has 0 bridgehead atoms. The zero-order valence-electron chi connectivity index (χ0n) is 12.2. The highest BCUT2D eigenvalue weighted by molar-refractivity contribution is 5.97. The van der Waals surface area contributed by atoms with E-state index >= 15 is 0 Å². The number of carboxylic acids is 1. The number of piperidine rings is 1. The first kappa shape index (κ1) is 14.6. The fraction of sp³-hybridized carbons (Fsp3) is 0.600. The molecule has 1 aromatic heterocycles. The molecule has 1 fully saturated rings. The lowest BCUT2D eigenvalue weighted by atomic mass is 10.0. The second-order valence-electron chi connectivity index (χ2n) is 5.62. The molecule has 0 aliphatic carbocycles. The molecule has 1 aromatic rings. The van der Waals surface area contributed by atoms with Gasteiger partial charge in [-0.15, -0.1) is 0 Å². The van der Waals surface area contributed by atoms with E-state index in [-0.39, 0.29) is 11.8 Å². The van der Waals surface area contributed by atoms with Crippen LogP contribution in [0.1, 0.15) is 60.9 Å². The normalized spacial score (nSPS) is 19.4. The Labute approximate surface area is 118 Å². The van der Waals surface area contributed by atoms with Gasteiger partial charge < -0.3 is 14.4 Å². The van der Waals surface area contributed by atoms with E-state index in [0.29, 0.717) is 24.3 Å². The first-order valence-corrected chi connectivity index (χ1v) is 7.06. The summed E-state index contributed by atoms with van der Waals surface area (Å²) < 4.78 is 5.59. The Bertz CT molecular complexity index is 518. The van der Waals surface area contributed by atoms with Gasteiger partial charge in [0.05, 0.1) is 5.56 Å². The summed E-state index contributed by atoms with van der Waals surface area (Å²) in [6.45, 7) is 6.23. The number of likely N-dealkylation sites (tertiary alicyclic amines) is 1. The van der Waals surface area contributed by atoms with Crippen molar-refractivity contribution < 1.29 is 19.1 Å². The van der Waals surface area contributed by atoms with Crippen LogP contribution < -0.4 is 0 Å². The lowest BCUT2D eigenvalue weighted by molar-refractivity contribution is -0.143. The van der Waals surface area contributed by atoms with Crippen LogP contribution in [0.2, 0.25) is 0 Å². The highest BCUT2D eigenvalue weighted by atomic mass is 16.4. The predicted octanol–water partition coefficient (Wildman–Crippen LogP) is 2.79. The van der Waals surface area contributed by atoms with E-state index in [1.165, 1.54) is 4.90 Å². The molecule has 110 valence electrons. The van der Waals surface area contributed by atoms with Crippen molar-refractivity contribution in [2.45, 2.75) is 52.0 Å². The lowest BCUT2D eigenvalue weighted by Gasteiger charge is -2.32. The van der Waals surface area contributed by atoms with Crippen molar-refractivity contribution in [1.82, 2.24) is 4.90 Å². The number of rotatable bonds is 3. The Kier molecular flexibility index (Phi) is 4.16. The Morgan fingerprint density at radius 1 is 1.40 bits per heavy atom. The highest BCUT2D eigenvalue weighted by Gasteiger charge is 2.33. The van der Waals surface area contributed by atoms with Gasteiger partial charge >= 0.3 is 5.97 Å². The van der Waals surface area contributed by atoms with Crippen LogP contribution in [0, 0.1) is 6.92 Å². The van der Waals surface area contributed by atoms with Gasteiger partial charge in [0.25, 0.3) is 5.91 Å². The lowest BCUT2D eigenvalue weighted by Crippen LogP contribution is -2.48. The summed E-state index contributed by atoms with van der Waals surface area (Å²) in [5.41, 5.74) is 0.488. The molecule has 0 saturated carbocycles. The topological polar surface area (TPSA) is 70.8 Å². The van der Waals surface area contributed by atoms with Gasteiger partial charge in [0, 0.05) is 12.5 Å². The summed E-state index contributed by atoms with van der Waals surface area (Å²) in [5, 5.41) is 9.25. The molecule has 1 unspecified atom stereocenters. The van der Waals surface area contributed by atoms with Gasteiger partial charge in [0.2, 0.25) is 0 Å². The monoisotopic (exact) mass is 279 g/mol. The number of carbonyl (C=O) groups excluding carboxylic acids is 1. The summed E-state index contributed by atoms with van der Waals surface area (Å²) in [6.07, 6.45) is 2.22. The van der Waals surface area contributed by atoms with Crippen molar-refractivity contribution in [3.05, 3.63) is 23.2 Å². The number of amides is 1. The van der Waals surface area contributed by atoms with Gasteiger partial charge in [0.1, 0.15) is 17.6 Å². The molecular weight excluding hydrogens is 258 g/mol. The largest absolute Gasteiger partial charge is 0.480 e. The van der Waals surface area contributed by atoms with Crippen molar-refractivity contribution in [1.29, 1.82) is 0 Å². The standard InChI is InChI=1S/C15H21NO4/c1-9(2)13-8-11(10(3)20-13)14(17)16-7-5-4-6-12(16)15(18)19/h8-9,12H,4-7H2,1-3H3,(H,18,19). The first-order chi connectivity index (χ1) is 9.41. The van der Waals surface area contributed by atoms with Crippen LogP contribution >= 0.6 is 0 Å². The maximum Gasteiger partial charge on any atom is 0.326 e. The van der Waals surface area contributed by atoms with Crippen LogP contribution in [-0.4, -0.2) is 34.5 Å². The van der Waals surface area contributed by atoms with E-state index in [2.05, 4.69) is 0 Å². The fourth-order valence-electron chi connectivity index (χ4n) is 2.59. The number of furan rings is 1. The first-order valence-electron chi connectivity index (χ1n) is 7.06. The number of nitrogens with zero attached hydrogens (tertiary/aromatic N) is 1. The molecule has 1 aliphatic heterocycles. The summed E-state index contributed by atoms with van der Waals surface area (Å²) in [6, 6.07) is 1.03. The Hall–Kier alpha value is -1.78. The van der Waals surface area contributed by atoms with E-state index < -0.39 is 12.0 Å². The van der Waals surface area contributed by atoms with Crippen molar-refractivity contribution in [3.8, 4) is 0 Å². The molecule has 1 N–H and O–H groups in total. The molecule has 0 radical (unpaired) electrons. The third kappa shape index (κ3) is 2.71. The zero-order chi connectivity index (χ0) is 14.9. The van der Waals surface area contributed by atoms with E-state index in [0.717, 1.165) is 18.6 Å². The average molecular weight is 279 g/mol. The third-order valence-corrected chi connectivity index (χ3v) is 3.79. The van der Waals surface area contributed by atoms with Gasteiger partial charge in [-0.3, -0.25) is 4.79 Å². The molecule has 20 heavy (non-hydrogen) atoms. The van der Waals surface area contributed by atoms with Gasteiger partial charge in [-0.25, -0.2) is 4.79 Å². The van der Waals surface area contributed by atoms with E-state index in [9.17, 15) is 14.7 Å². The SMILES string of the molecule is Cc1oc(C(C)C)cc1C(=O)N1CCCCC1C(=O)O. The molecule has 1 atom stereocenters. The molecule has 2 heterocycles. The Balaban J connectivity index is 2.27. The van der Waals surface area contributed by atoms with Crippen molar-refractivity contribution in [2.75, 3.05) is 6.54 Å². The van der Waals surface area contributed by atoms with Crippen LogP contribution in [0.25, 0.3) is 0 Å². The zero-order valence-corrected chi connectivity index (χ0v) is 12.2. The maximum atomic E-state index is 12.6. The third-order valence-electron chi connectivity index (χ3n) is 3.79. The summed E-state index contributed by atoms with van der Waals surface area (Å²) in [4.78, 5) is 25.3. The molecular formula is C15H21NO4. The van der Waals surface area contributed by atoms with Crippen LogP contribution in [0.3, 0.4) is 0 Å². The van der Waals surface area contributed by atoms with Crippen LogP contribution in [0.4, 0.5) is 0 Å². The Morgan fingerprint density at radius 2 is 2.10 bits per heavy atom. The summed E-state index contributed by atoms with van der Waals surface area (Å²) in [5.74, 6) is 0.364. The molecule has 1 aliphatic rings. The maximum absolute atomic E-state index is 12.6. The molecule has 5 nitrogen and oxygen atoms in total. The smallest absolute Gasteiger partial charge is 0.326 e. The molecule has 0 aromatic carbocycles. The van der Waals surface area contributed by atoms with Gasteiger partial charge in [0.15, 0.2) is 0 Å². The van der Waals surface area contributed by atoms with Crippen LogP contribution in [-0.2, 0) is 4.79 Å². The molecule has 0 spiro atoms. The number of carbonyl (C=O) groups is 2. The number of carboxylic acid groups (broad SMARTS) is 1. The molecule has 1 amide bonds. The van der Waals surface area contributed by atoms with Gasteiger partial charge in [-0.2, -0.15) is 0 Å². The highest BCUT2D eigenvalue weighted by Crippen LogP contribution is 2.26. The van der Waals surface area contributed by atoms with Gasteiger partial charge in [-0.05, 0) is 32.3 Å². The minimum atomic E-state index is -0.928. The summed E-state index contributed by atoms with van der Waals surface area (Å²) >= 11 is 0. The molecule has 5 heteroatoms. The van der Waals surface area contributed by atoms with E-state index in [1.54, 1.807) is 13.0 Å². The average Bonchev–Trinajstić information content (AvgIpc) is 2.80. The minimum absolute atomic E-state index is 0.201. The molecule has 2 rings (SSSR count). The molecule has 1 saturated heterocycles. The van der Waals surface area contributed by atoms with E-state index in [1.807, 2.05) is 13.8 Å². The Morgan fingerprint density at radius 3 is 2.65 bits per heavy atom. The quantitative estimate of drug-likeness (QED) is 0.923. The number of aliphatic carboxylic acids is 1. The second-order valence-corrected chi connectivity index (χ2v) is 5.62. The van der Waals surface area contributed by atoms with E-state index in [4.69, 9.17) is 4.42 Å². The second kappa shape index (κ2) is 5.69. The van der Waals surface area contributed by atoms with Gasteiger partial charge in [-0.1, -0.05) is 13.8 Å². The fourth-order valence-corrected chi connectivity index (χ4v) is 2.59. The van der Waals surface area contributed by atoms with Crippen LogP contribution in [0.5, 0.6) is 0 Å². The van der Waals surface area contributed by atoms with Crippen molar-refractivity contribution >= 4 is 11.9 Å². The number of hydrogen-bond acceptors (Lipinski definition) is 3. The number of hydrogen-bond donors (Lipinski definition) is 1. The van der Waals surface area contributed by atoms with Crippen molar-refractivity contribution in [2.24, 2.45) is 0 Å². The van der Waals surface area contributed by atoms with Crippen LogP contribution in [0.15, 0.2) is 10.5 Å². The van der Waals surface area contributed by atoms with Crippen molar-refractivity contribution in [3.63, 3.8) is 0 Å². The number of aryl methyl sites for hydroxylation is 1. The predicted molar refractivity (Wildman–Crippen MR) is 73.8 cm³/mol. The minimum Gasteiger partial charge on any atom is -0.480 e.